The van der Waals surface area contributed by atoms with E-state index in [0.29, 0.717) is 22.2 Å². The zero-order valence-corrected chi connectivity index (χ0v) is 16.4. The monoisotopic (exact) mass is 408 g/mol. The molecule has 0 spiro atoms. The largest absolute Gasteiger partial charge is 0.350 e. The Morgan fingerprint density at radius 2 is 1.93 bits per heavy atom. The van der Waals surface area contributed by atoms with Gasteiger partial charge in [-0.2, -0.15) is 0 Å². The van der Waals surface area contributed by atoms with Crippen molar-refractivity contribution in [3.8, 4) is 0 Å². The molecule has 0 fully saturated rings. The highest BCUT2D eigenvalue weighted by molar-refractivity contribution is 8.00. The molecule has 2 aromatic carbocycles. The Balaban J connectivity index is 2.07. The van der Waals surface area contributed by atoms with Crippen molar-refractivity contribution in [2.24, 2.45) is 7.05 Å². The second-order valence-electron chi connectivity index (χ2n) is 6.28. The van der Waals surface area contributed by atoms with Gasteiger partial charge in [0.05, 0.1) is 22.9 Å². The number of hydrogen-bond acceptors (Lipinski definition) is 5. The van der Waals surface area contributed by atoms with Crippen molar-refractivity contribution in [3.05, 3.63) is 57.9 Å². The van der Waals surface area contributed by atoms with Crippen LogP contribution < -0.4 is 15.6 Å². The minimum absolute atomic E-state index is 0.157. The molecule has 0 aliphatic heterocycles. The van der Waals surface area contributed by atoms with Crippen molar-refractivity contribution >= 4 is 39.9 Å². The molecule has 28 heavy (non-hydrogen) atoms. The highest BCUT2D eigenvalue weighted by atomic mass is 32.2. The number of benzene rings is 2. The van der Waals surface area contributed by atoms with Crippen LogP contribution in [0.1, 0.15) is 18.9 Å². The molecule has 0 unspecified atom stereocenters. The predicted molar refractivity (Wildman–Crippen MR) is 108 cm³/mol. The molecule has 0 amide bonds. The fourth-order valence-electron chi connectivity index (χ4n) is 2.74. The molecular formula is C19H19F3N4OS. The van der Waals surface area contributed by atoms with Crippen molar-refractivity contribution in [1.29, 1.82) is 0 Å². The first-order chi connectivity index (χ1) is 13.3. The van der Waals surface area contributed by atoms with Gasteiger partial charge >= 0.3 is 0 Å². The third-order valence-corrected chi connectivity index (χ3v) is 5.23. The Morgan fingerprint density at radius 1 is 1.18 bits per heavy atom. The normalized spacial score (nSPS) is 11.1. The summed E-state index contributed by atoms with van der Waals surface area (Å²) in [4.78, 5) is 16.6. The number of halogens is 3. The lowest BCUT2D eigenvalue weighted by atomic mass is 10.1. The van der Waals surface area contributed by atoms with Crippen LogP contribution in [-0.4, -0.2) is 15.3 Å². The third kappa shape index (κ3) is 3.66. The second-order valence-corrected chi connectivity index (χ2v) is 7.18. The summed E-state index contributed by atoms with van der Waals surface area (Å²) in [5.74, 6) is -2.77. The van der Waals surface area contributed by atoms with Crippen molar-refractivity contribution < 1.29 is 13.2 Å². The van der Waals surface area contributed by atoms with E-state index in [9.17, 15) is 18.0 Å². The first-order valence-electron chi connectivity index (χ1n) is 8.62. The minimum Gasteiger partial charge on any atom is -0.350 e. The van der Waals surface area contributed by atoms with Gasteiger partial charge in [0.25, 0.3) is 5.56 Å². The van der Waals surface area contributed by atoms with E-state index in [0.717, 1.165) is 12.5 Å². The van der Waals surface area contributed by atoms with Gasteiger partial charge in [-0.05, 0) is 31.0 Å². The van der Waals surface area contributed by atoms with Crippen LogP contribution in [0, 0.1) is 24.4 Å². The van der Waals surface area contributed by atoms with Gasteiger partial charge in [-0.3, -0.25) is 4.79 Å². The third-order valence-electron chi connectivity index (χ3n) is 4.25. The molecule has 1 aromatic heterocycles. The van der Waals surface area contributed by atoms with Crippen LogP contribution in [0.5, 0.6) is 0 Å². The fraction of sp³-hybridized carbons (Fsp3) is 0.263. The Labute approximate surface area is 164 Å². The molecule has 148 valence electrons. The molecule has 5 nitrogen and oxygen atoms in total. The number of anilines is 3. The van der Waals surface area contributed by atoms with E-state index in [1.165, 1.54) is 22.8 Å². The van der Waals surface area contributed by atoms with Gasteiger partial charge in [0.1, 0.15) is 5.69 Å². The summed E-state index contributed by atoms with van der Waals surface area (Å²) in [6.07, 6.45) is 2.24. The van der Waals surface area contributed by atoms with E-state index in [-0.39, 0.29) is 16.9 Å². The van der Waals surface area contributed by atoms with Gasteiger partial charge in [-0.1, -0.05) is 18.9 Å². The van der Waals surface area contributed by atoms with Crippen molar-refractivity contribution in [2.45, 2.75) is 20.3 Å². The predicted octanol–water partition coefficient (Wildman–Crippen LogP) is 4.87. The van der Waals surface area contributed by atoms with E-state index in [4.69, 9.17) is 0 Å². The van der Waals surface area contributed by atoms with Gasteiger partial charge in [-0.25, -0.2) is 18.2 Å². The Bertz CT molecular complexity index is 1100. The van der Waals surface area contributed by atoms with E-state index in [1.807, 2.05) is 6.92 Å². The first-order valence-corrected chi connectivity index (χ1v) is 9.61. The molecule has 0 radical (unpaired) electrons. The number of rotatable bonds is 6. The van der Waals surface area contributed by atoms with Crippen molar-refractivity contribution in [3.63, 3.8) is 0 Å². The summed E-state index contributed by atoms with van der Waals surface area (Å²) in [6.45, 7) is 3.59. The number of aromatic nitrogens is 2. The van der Waals surface area contributed by atoms with E-state index >= 15 is 0 Å². The number of nitrogens with zero attached hydrogens (tertiary/aromatic N) is 2. The van der Waals surface area contributed by atoms with Gasteiger partial charge in [0.15, 0.2) is 17.5 Å². The highest BCUT2D eigenvalue weighted by Crippen LogP contribution is 2.33. The van der Waals surface area contributed by atoms with Gasteiger partial charge in [0.2, 0.25) is 0 Å². The zero-order valence-electron chi connectivity index (χ0n) is 15.6. The molecule has 0 bridgehead atoms. The lowest BCUT2D eigenvalue weighted by Crippen LogP contribution is -2.18. The summed E-state index contributed by atoms with van der Waals surface area (Å²) >= 11 is 1.20. The molecule has 0 atom stereocenters. The Hall–Kier alpha value is -2.68. The summed E-state index contributed by atoms with van der Waals surface area (Å²) in [5.41, 5.74) is 0.144. The number of hydrogen-bond donors (Lipinski definition) is 2. The molecule has 3 rings (SSSR count). The molecule has 1 heterocycles. The standard InChI is InChI=1S/C19H19F3N4OS/c1-4-7-28-25-14-8-11(20)16(21)18(17(14)22)24-12-5-6-13-15(10(12)2)19(27)26(3)9-23-13/h5-6,8-9,24-25H,4,7H2,1-3H3. The maximum Gasteiger partial charge on any atom is 0.261 e. The molecule has 2 N–H and O–H groups in total. The molecule has 0 saturated carbocycles. The maximum absolute atomic E-state index is 14.8. The second kappa shape index (κ2) is 8.14. The highest BCUT2D eigenvalue weighted by Gasteiger charge is 2.20. The number of fused-ring (bicyclic) bond motifs is 1. The summed E-state index contributed by atoms with van der Waals surface area (Å²) in [7, 11) is 1.56. The molecule has 9 heteroatoms. The van der Waals surface area contributed by atoms with Crippen LogP contribution in [0.25, 0.3) is 10.9 Å². The average molecular weight is 408 g/mol. The summed E-state index contributed by atoms with van der Waals surface area (Å²) < 4.78 is 47.1. The lowest BCUT2D eigenvalue weighted by Gasteiger charge is -2.16. The van der Waals surface area contributed by atoms with Crippen LogP contribution in [0.15, 0.2) is 29.3 Å². The van der Waals surface area contributed by atoms with E-state index in [2.05, 4.69) is 15.0 Å². The Kier molecular flexibility index (Phi) is 5.83. The first kappa shape index (κ1) is 20.1. The molecule has 3 aromatic rings. The van der Waals surface area contributed by atoms with Crippen molar-refractivity contribution in [2.75, 3.05) is 15.8 Å². The molecule has 0 aliphatic carbocycles. The molecular weight excluding hydrogens is 389 g/mol. The maximum atomic E-state index is 14.8. The van der Waals surface area contributed by atoms with Gasteiger partial charge in [0, 0.05) is 24.6 Å². The van der Waals surface area contributed by atoms with E-state index < -0.39 is 23.1 Å². The average Bonchev–Trinajstić information content (AvgIpc) is 2.67. The Morgan fingerprint density at radius 3 is 2.64 bits per heavy atom. The molecule has 0 aliphatic rings. The smallest absolute Gasteiger partial charge is 0.261 e. The van der Waals surface area contributed by atoms with Crippen LogP contribution in [0.4, 0.5) is 30.2 Å². The van der Waals surface area contributed by atoms with Crippen LogP contribution in [0.2, 0.25) is 0 Å². The zero-order chi connectivity index (χ0) is 20.4. The quantitative estimate of drug-likeness (QED) is 0.346. The van der Waals surface area contributed by atoms with Crippen LogP contribution in [-0.2, 0) is 7.05 Å². The minimum atomic E-state index is -1.33. The number of nitrogens with one attached hydrogen (secondary N) is 2. The fourth-order valence-corrected chi connectivity index (χ4v) is 3.35. The molecule has 0 saturated heterocycles. The van der Waals surface area contributed by atoms with Gasteiger partial charge in [-0.15, -0.1) is 0 Å². The van der Waals surface area contributed by atoms with Crippen molar-refractivity contribution in [1.82, 2.24) is 9.55 Å². The summed E-state index contributed by atoms with van der Waals surface area (Å²) in [6, 6.07) is 3.90. The summed E-state index contributed by atoms with van der Waals surface area (Å²) in [5, 5.41) is 2.93. The SMILES string of the molecule is CCCSNc1cc(F)c(F)c(Nc2ccc3ncn(C)c(=O)c3c2C)c1F. The topological polar surface area (TPSA) is 59.0 Å². The van der Waals surface area contributed by atoms with E-state index in [1.54, 1.807) is 26.1 Å². The van der Waals surface area contributed by atoms with Crippen LogP contribution in [0.3, 0.4) is 0 Å². The number of aryl methyl sites for hydroxylation is 2. The van der Waals surface area contributed by atoms with Gasteiger partial charge < -0.3 is 14.6 Å². The van der Waals surface area contributed by atoms with Crippen LogP contribution >= 0.6 is 11.9 Å². The lowest BCUT2D eigenvalue weighted by molar-refractivity contribution is 0.501.